The fraction of sp³-hybridized carbons (Fsp3) is 0.231. The number of carbonyl (C=O) groups is 2. The second-order valence-electron chi connectivity index (χ2n) is 8.39. The summed E-state index contributed by atoms with van der Waals surface area (Å²) < 4.78 is 0. The summed E-state index contributed by atoms with van der Waals surface area (Å²) in [5.41, 5.74) is 5.64. The molecule has 0 unspecified atom stereocenters. The van der Waals surface area contributed by atoms with E-state index in [2.05, 4.69) is 24.3 Å². The number of nitrogens with zero attached hydrogens (tertiary/aromatic N) is 2. The molecule has 2 saturated heterocycles. The van der Waals surface area contributed by atoms with Crippen LogP contribution in [0.1, 0.15) is 33.0 Å². The van der Waals surface area contributed by atoms with Crippen LogP contribution in [0, 0.1) is 13.8 Å². The average Bonchev–Trinajstić information content (AvgIpc) is 3.40. The lowest BCUT2D eigenvalue weighted by Gasteiger charge is -2.27. The molecule has 2 heterocycles. The van der Waals surface area contributed by atoms with E-state index in [1.165, 1.54) is 0 Å². The van der Waals surface area contributed by atoms with Gasteiger partial charge in [0.15, 0.2) is 0 Å². The van der Waals surface area contributed by atoms with Crippen molar-refractivity contribution in [1.82, 2.24) is 0 Å². The van der Waals surface area contributed by atoms with Crippen LogP contribution in [0.2, 0.25) is 10.0 Å². The van der Waals surface area contributed by atoms with Crippen LogP contribution in [0.4, 0.5) is 11.4 Å². The fourth-order valence-electron chi connectivity index (χ4n) is 4.19. The lowest BCUT2D eigenvalue weighted by Crippen LogP contribution is -2.28. The number of rotatable bonds is 4. The highest BCUT2D eigenvalue weighted by Gasteiger charge is 2.36. The van der Waals surface area contributed by atoms with E-state index in [-0.39, 0.29) is 22.6 Å². The fourth-order valence-corrected chi connectivity index (χ4v) is 6.89. The standard InChI is InChI=1S/C26H22Cl2N2O2S2/c1-15-3-9-19(11-21(15)27)29-23(31)13-33-25(29)17-5-7-18(8-6-17)26-30(24(32)14-34-26)20-10-4-16(2)22(28)12-20/h3-12,25-26H,13-14H2,1-2H3/t25-,26-/m0/s1. The lowest BCUT2D eigenvalue weighted by molar-refractivity contribution is -0.116. The second-order valence-corrected chi connectivity index (χ2v) is 11.3. The van der Waals surface area contributed by atoms with Crippen molar-refractivity contribution >= 4 is 69.9 Å². The molecular formula is C26H22Cl2N2O2S2. The van der Waals surface area contributed by atoms with Gasteiger partial charge in [0.2, 0.25) is 11.8 Å². The van der Waals surface area contributed by atoms with Crippen molar-refractivity contribution in [3.63, 3.8) is 0 Å². The molecule has 0 aromatic heterocycles. The summed E-state index contributed by atoms with van der Waals surface area (Å²) in [4.78, 5) is 29.1. The highest BCUT2D eigenvalue weighted by atomic mass is 35.5. The normalized spacial score (nSPS) is 20.5. The summed E-state index contributed by atoms with van der Waals surface area (Å²) in [6.07, 6.45) is 0. The number of anilines is 2. The summed E-state index contributed by atoms with van der Waals surface area (Å²) in [7, 11) is 0. The van der Waals surface area contributed by atoms with Gasteiger partial charge in [0.25, 0.3) is 0 Å². The van der Waals surface area contributed by atoms with Crippen molar-refractivity contribution in [1.29, 1.82) is 0 Å². The van der Waals surface area contributed by atoms with Crippen LogP contribution < -0.4 is 9.80 Å². The third kappa shape index (κ3) is 4.33. The number of halogens is 2. The zero-order valence-electron chi connectivity index (χ0n) is 18.6. The second kappa shape index (κ2) is 9.50. The van der Waals surface area contributed by atoms with Crippen LogP contribution in [0.3, 0.4) is 0 Å². The Hall–Kier alpha value is -2.12. The molecule has 3 aromatic carbocycles. The number of carbonyl (C=O) groups excluding carboxylic acids is 2. The maximum atomic E-state index is 12.7. The highest BCUT2D eigenvalue weighted by Crippen LogP contribution is 2.45. The SMILES string of the molecule is Cc1ccc(N2C(=O)CS[C@H]2c2ccc([C@@H]3SCC(=O)N3c3ccc(C)c(Cl)c3)cc2)cc1Cl. The first-order valence-corrected chi connectivity index (χ1v) is 13.7. The minimum Gasteiger partial charge on any atom is -0.295 e. The van der Waals surface area contributed by atoms with Gasteiger partial charge in [-0.05, 0) is 60.4 Å². The van der Waals surface area contributed by atoms with Gasteiger partial charge in [-0.2, -0.15) is 0 Å². The van der Waals surface area contributed by atoms with Crippen LogP contribution in [0.5, 0.6) is 0 Å². The first kappa shape index (κ1) is 23.6. The predicted octanol–water partition coefficient (Wildman–Crippen LogP) is 7.17. The molecule has 5 rings (SSSR count). The topological polar surface area (TPSA) is 40.6 Å². The van der Waals surface area contributed by atoms with Gasteiger partial charge in [-0.25, -0.2) is 0 Å². The molecule has 0 bridgehead atoms. The Morgan fingerprint density at radius 2 is 1.06 bits per heavy atom. The van der Waals surface area contributed by atoms with E-state index < -0.39 is 0 Å². The highest BCUT2D eigenvalue weighted by molar-refractivity contribution is 8.01. The third-order valence-corrected chi connectivity index (χ3v) is 9.35. The lowest BCUT2D eigenvalue weighted by atomic mass is 10.1. The molecule has 8 heteroatoms. The van der Waals surface area contributed by atoms with E-state index >= 15 is 0 Å². The molecule has 0 aliphatic carbocycles. The van der Waals surface area contributed by atoms with E-state index in [9.17, 15) is 9.59 Å². The molecular weight excluding hydrogens is 507 g/mol. The Morgan fingerprint density at radius 3 is 1.41 bits per heavy atom. The van der Waals surface area contributed by atoms with Crippen molar-refractivity contribution in [2.24, 2.45) is 0 Å². The number of amides is 2. The van der Waals surface area contributed by atoms with Crippen LogP contribution in [-0.2, 0) is 9.59 Å². The van der Waals surface area contributed by atoms with Gasteiger partial charge in [0.1, 0.15) is 10.7 Å². The summed E-state index contributed by atoms with van der Waals surface area (Å²) in [5.74, 6) is 0.983. The Balaban J connectivity index is 1.42. The maximum absolute atomic E-state index is 12.7. The summed E-state index contributed by atoms with van der Waals surface area (Å²) >= 11 is 15.9. The number of benzene rings is 3. The molecule has 2 fully saturated rings. The molecule has 2 aliphatic rings. The maximum Gasteiger partial charge on any atom is 0.238 e. The summed E-state index contributed by atoms with van der Waals surface area (Å²) in [6.45, 7) is 3.89. The monoisotopic (exact) mass is 528 g/mol. The van der Waals surface area contributed by atoms with E-state index in [0.29, 0.717) is 21.6 Å². The van der Waals surface area contributed by atoms with Crippen molar-refractivity contribution in [2.45, 2.75) is 24.6 Å². The molecule has 34 heavy (non-hydrogen) atoms. The van der Waals surface area contributed by atoms with Crippen molar-refractivity contribution in [3.05, 3.63) is 93.0 Å². The van der Waals surface area contributed by atoms with Gasteiger partial charge in [0, 0.05) is 21.4 Å². The molecule has 174 valence electrons. The number of aryl methyl sites for hydroxylation is 2. The third-order valence-electron chi connectivity index (χ3n) is 6.11. The Labute approximate surface area is 217 Å². The zero-order valence-corrected chi connectivity index (χ0v) is 21.8. The van der Waals surface area contributed by atoms with Gasteiger partial charge in [-0.15, -0.1) is 23.5 Å². The molecule has 2 atom stereocenters. The minimum absolute atomic E-state index is 0.0679. The van der Waals surface area contributed by atoms with E-state index in [1.54, 1.807) is 23.5 Å². The Morgan fingerprint density at radius 1 is 0.676 bits per heavy atom. The Kier molecular flexibility index (Phi) is 6.60. The first-order valence-electron chi connectivity index (χ1n) is 10.8. The largest absolute Gasteiger partial charge is 0.295 e. The van der Waals surface area contributed by atoms with Crippen LogP contribution in [0.15, 0.2) is 60.7 Å². The molecule has 0 radical (unpaired) electrons. The summed E-state index contributed by atoms with van der Waals surface area (Å²) in [5, 5.41) is 1.06. The van der Waals surface area contributed by atoms with Crippen LogP contribution in [-0.4, -0.2) is 23.3 Å². The summed E-state index contributed by atoms with van der Waals surface area (Å²) in [6, 6.07) is 19.7. The average molecular weight is 530 g/mol. The van der Waals surface area contributed by atoms with E-state index in [0.717, 1.165) is 33.6 Å². The quantitative estimate of drug-likeness (QED) is 0.359. The number of thioether (sulfide) groups is 2. The number of hydrogen-bond donors (Lipinski definition) is 0. The Bertz CT molecular complexity index is 1180. The van der Waals surface area contributed by atoms with Gasteiger partial charge in [-0.1, -0.05) is 59.6 Å². The molecule has 4 nitrogen and oxygen atoms in total. The van der Waals surface area contributed by atoms with Gasteiger partial charge >= 0.3 is 0 Å². The minimum atomic E-state index is -0.120. The smallest absolute Gasteiger partial charge is 0.238 e. The molecule has 0 N–H and O–H groups in total. The molecule has 2 aliphatic heterocycles. The van der Waals surface area contributed by atoms with Crippen molar-refractivity contribution < 1.29 is 9.59 Å². The van der Waals surface area contributed by atoms with E-state index in [1.807, 2.05) is 60.0 Å². The molecule has 0 saturated carbocycles. The van der Waals surface area contributed by atoms with Crippen molar-refractivity contribution in [2.75, 3.05) is 21.3 Å². The van der Waals surface area contributed by atoms with E-state index in [4.69, 9.17) is 23.2 Å². The number of hydrogen-bond acceptors (Lipinski definition) is 4. The first-order chi connectivity index (χ1) is 16.3. The van der Waals surface area contributed by atoms with Crippen molar-refractivity contribution in [3.8, 4) is 0 Å². The molecule has 0 spiro atoms. The van der Waals surface area contributed by atoms with Gasteiger partial charge < -0.3 is 0 Å². The predicted molar refractivity (Wildman–Crippen MR) is 144 cm³/mol. The van der Waals surface area contributed by atoms with Gasteiger partial charge in [-0.3, -0.25) is 19.4 Å². The molecule has 2 amide bonds. The van der Waals surface area contributed by atoms with Crippen LogP contribution in [0.25, 0.3) is 0 Å². The zero-order chi connectivity index (χ0) is 24.0. The van der Waals surface area contributed by atoms with Crippen LogP contribution >= 0.6 is 46.7 Å². The van der Waals surface area contributed by atoms with Gasteiger partial charge in [0.05, 0.1) is 11.5 Å². The molecule has 3 aromatic rings.